The molecule has 30 heavy (non-hydrogen) atoms. The number of aromatic nitrogens is 4. The first-order valence-corrected chi connectivity index (χ1v) is 9.47. The first-order valence-electron chi connectivity index (χ1n) is 9.09. The summed E-state index contributed by atoms with van der Waals surface area (Å²) in [7, 11) is 4.94. The molecule has 3 heterocycles. The molecule has 0 radical (unpaired) electrons. The van der Waals surface area contributed by atoms with E-state index in [1.807, 2.05) is 18.3 Å². The lowest BCUT2D eigenvalue weighted by molar-refractivity contribution is 0.0827. The summed E-state index contributed by atoms with van der Waals surface area (Å²) < 4.78 is 5.52. The Labute approximate surface area is 177 Å². The SMILES string of the molecule is COc1nc(Nc2ccc(C(=O)N(C)C)cc2Cl)nc2[nH]cc(-c3ccncc3)c12. The summed E-state index contributed by atoms with van der Waals surface area (Å²) in [5, 5.41) is 4.25. The number of nitrogens with one attached hydrogen (secondary N) is 2. The molecule has 0 bridgehead atoms. The van der Waals surface area contributed by atoms with Crippen molar-refractivity contribution in [3.8, 4) is 17.0 Å². The number of rotatable bonds is 5. The van der Waals surface area contributed by atoms with Crippen LogP contribution < -0.4 is 10.1 Å². The Kier molecular flexibility index (Phi) is 5.24. The fourth-order valence-corrected chi connectivity index (χ4v) is 3.32. The number of halogens is 1. The van der Waals surface area contributed by atoms with Crippen LogP contribution in [0.25, 0.3) is 22.2 Å². The second-order valence-electron chi connectivity index (χ2n) is 6.74. The zero-order valence-electron chi connectivity index (χ0n) is 16.6. The quantitative estimate of drug-likeness (QED) is 0.502. The molecule has 4 rings (SSSR count). The minimum atomic E-state index is -0.127. The third-order valence-electron chi connectivity index (χ3n) is 4.55. The predicted octanol–water partition coefficient (Wildman–Crippen LogP) is 4.13. The molecule has 8 nitrogen and oxygen atoms in total. The van der Waals surface area contributed by atoms with Crippen molar-refractivity contribution < 1.29 is 9.53 Å². The van der Waals surface area contributed by atoms with E-state index in [2.05, 4.69) is 25.3 Å². The Morgan fingerprint density at radius 2 is 1.93 bits per heavy atom. The summed E-state index contributed by atoms with van der Waals surface area (Å²) >= 11 is 6.37. The Morgan fingerprint density at radius 3 is 2.60 bits per heavy atom. The van der Waals surface area contributed by atoms with Gasteiger partial charge in [-0.3, -0.25) is 9.78 Å². The van der Waals surface area contributed by atoms with Gasteiger partial charge in [0.25, 0.3) is 5.91 Å². The van der Waals surface area contributed by atoms with Crippen LogP contribution in [0.5, 0.6) is 5.88 Å². The van der Waals surface area contributed by atoms with Crippen LogP contribution in [0.4, 0.5) is 11.6 Å². The lowest BCUT2D eigenvalue weighted by Crippen LogP contribution is -2.21. The molecule has 0 saturated heterocycles. The van der Waals surface area contributed by atoms with E-state index in [0.717, 1.165) is 16.5 Å². The summed E-state index contributed by atoms with van der Waals surface area (Å²) in [6.07, 6.45) is 5.31. The van der Waals surface area contributed by atoms with Crippen LogP contribution in [0.1, 0.15) is 10.4 Å². The Hall–Kier alpha value is -3.65. The number of anilines is 2. The maximum absolute atomic E-state index is 12.1. The molecule has 0 atom stereocenters. The number of hydrogen-bond acceptors (Lipinski definition) is 6. The minimum Gasteiger partial charge on any atom is -0.480 e. The maximum Gasteiger partial charge on any atom is 0.253 e. The highest BCUT2D eigenvalue weighted by Crippen LogP contribution is 2.35. The number of carbonyl (C=O) groups excluding carboxylic acids is 1. The third-order valence-corrected chi connectivity index (χ3v) is 4.86. The van der Waals surface area contributed by atoms with Crippen molar-refractivity contribution in [3.63, 3.8) is 0 Å². The Balaban J connectivity index is 1.70. The van der Waals surface area contributed by atoms with Crippen molar-refractivity contribution in [1.82, 2.24) is 24.8 Å². The topological polar surface area (TPSA) is 96.0 Å². The van der Waals surface area contributed by atoms with Gasteiger partial charge in [-0.25, -0.2) is 0 Å². The van der Waals surface area contributed by atoms with Gasteiger partial charge in [0.2, 0.25) is 11.8 Å². The number of nitrogens with zero attached hydrogens (tertiary/aromatic N) is 4. The van der Waals surface area contributed by atoms with Crippen molar-refractivity contribution in [2.75, 3.05) is 26.5 Å². The smallest absolute Gasteiger partial charge is 0.253 e. The van der Waals surface area contributed by atoms with Crippen molar-refractivity contribution in [3.05, 3.63) is 59.5 Å². The van der Waals surface area contributed by atoms with E-state index >= 15 is 0 Å². The van der Waals surface area contributed by atoms with Gasteiger partial charge in [0.05, 0.1) is 23.2 Å². The summed E-state index contributed by atoms with van der Waals surface area (Å²) in [5.74, 6) is 0.611. The monoisotopic (exact) mass is 422 g/mol. The van der Waals surface area contributed by atoms with Gasteiger partial charge >= 0.3 is 0 Å². The number of carbonyl (C=O) groups is 1. The van der Waals surface area contributed by atoms with Gasteiger partial charge in [-0.2, -0.15) is 9.97 Å². The van der Waals surface area contributed by atoms with Gasteiger partial charge in [-0.1, -0.05) is 11.6 Å². The van der Waals surface area contributed by atoms with Crippen LogP contribution in [-0.2, 0) is 0 Å². The molecule has 0 saturated carbocycles. The van der Waals surface area contributed by atoms with Crippen molar-refractivity contribution in [2.24, 2.45) is 0 Å². The number of H-pyrrole nitrogens is 1. The molecule has 0 aliphatic heterocycles. The first kappa shape index (κ1) is 19.7. The maximum atomic E-state index is 12.1. The molecule has 0 aliphatic carbocycles. The van der Waals surface area contributed by atoms with Crippen LogP contribution in [-0.4, -0.2) is 51.9 Å². The molecule has 152 valence electrons. The molecular weight excluding hydrogens is 404 g/mol. The van der Waals surface area contributed by atoms with E-state index in [9.17, 15) is 4.79 Å². The first-order chi connectivity index (χ1) is 14.5. The van der Waals surface area contributed by atoms with Crippen molar-refractivity contribution in [1.29, 1.82) is 0 Å². The molecule has 0 unspecified atom stereocenters. The molecule has 0 spiro atoms. The fraction of sp³-hybridized carbons (Fsp3) is 0.143. The van der Waals surface area contributed by atoms with E-state index in [-0.39, 0.29) is 5.91 Å². The van der Waals surface area contributed by atoms with Gasteiger partial charge in [0.15, 0.2) is 0 Å². The molecule has 3 aromatic heterocycles. The Morgan fingerprint density at radius 1 is 1.17 bits per heavy atom. The number of hydrogen-bond donors (Lipinski definition) is 2. The summed E-state index contributed by atoms with van der Waals surface area (Å²) in [5.41, 5.74) is 3.58. The number of fused-ring (bicyclic) bond motifs is 1. The van der Waals surface area contributed by atoms with Gasteiger partial charge in [0, 0.05) is 43.8 Å². The number of ether oxygens (including phenoxy) is 1. The summed E-state index contributed by atoms with van der Waals surface area (Å²) in [4.78, 5) is 29.9. The van der Waals surface area contributed by atoms with Gasteiger partial charge in [0.1, 0.15) is 5.65 Å². The van der Waals surface area contributed by atoms with E-state index in [4.69, 9.17) is 16.3 Å². The second-order valence-corrected chi connectivity index (χ2v) is 7.14. The van der Waals surface area contributed by atoms with Crippen LogP contribution >= 0.6 is 11.6 Å². The van der Waals surface area contributed by atoms with Crippen molar-refractivity contribution in [2.45, 2.75) is 0 Å². The number of amides is 1. The lowest BCUT2D eigenvalue weighted by Gasteiger charge is -2.13. The number of aromatic amines is 1. The van der Waals surface area contributed by atoms with E-state index in [1.54, 1.807) is 51.8 Å². The number of methoxy groups -OCH3 is 1. The largest absolute Gasteiger partial charge is 0.480 e. The average molecular weight is 423 g/mol. The van der Waals surface area contributed by atoms with Crippen LogP contribution in [0.2, 0.25) is 5.02 Å². The van der Waals surface area contributed by atoms with Crippen LogP contribution in [0, 0.1) is 0 Å². The van der Waals surface area contributed by atoms with Crippen LogP contribution in [0.3, 0.4) is 0 Å². The molecule has 0 aliphatic rings. The average Bonchev–Trinajstić information content (AvgIpc) is 3.18. The highest BCUT2D eigenvalue weighted by atomic mass is 35.5. The van der Waals surface area contributed by atoms with Crippen molar-refractivity contribution >= 4 is 40.2 Å². The fourth-order valence-electron chi connectivity index (χ4n) is 3.09. The molecular formula is C21H19ClN6O2. The predicted molar refractivity (Wildman–Crippen MR) is 116 cm³/mol. The second kappa shape index (κ2) is 8.00. The molecule has 2 N–H and O–H groups in total. The molecule has 4 aromatic rings. The number of benzene rings is 1. The minimum absolute atomic E-state index is 0.127. The third kappa shape index (κ3) is 3.65. The molecule has 1 aromatic carbocycles. The molecule has 1 amide bonds. The summed E-state index contributed by atoms with van der Waals surface area (Å²) in [6, 6.07) is 8.84. The van der Waals surface area contributed by atoms with Gasteiger partial charge in [-0.05, 0) is 35.9 Å². The molecule has 0 fully saturated rings. The highest BCUT2D eigenvalue weighted by Gasteiger charge is 2.17. The zero-order valence-corrected chi connectivity index (χ0v) is 17.4. The van der Waals surface area contributed by atoms with Crippen LogP contribution in [0.15, 0.2) is 48.9 Å². The standard InChI is InChI=1S/C21H19ClN6O2/c1-28(2)20(29)13-4-5-16(15(22)10-13)25-21-26-18-17(19(27-21)30-3)14(11-24-18)12-6-8-23-9-7-12/h4-11H,1-3H3,(H2,24,25,26,27). The lowest BCUT2D eigenvalue weighted by atomic mass is 10.1. The van der Waals surface area contributed by atoms with E-state index in [0.29, 0.717) is 33.7 Å². The van der Waals surface area contributed by atoms with E-state index in [1.165, 1.54) is 4.90 Å². The number of pyridine rings is 1. The molecule has 9 heteroatoms. The van der Waals surface area contributed by atoms with Gasteiger partial charge < -0.3 is 19.9 Å². The summed E-state index contributed by atoms with van der Waals surface area (Å²) in [6.45, 7) is 0. The highest BCUT2D eigenvalue weighted by molar-refractivity contribution is 6.33. The van der Waals surface area contributed by atoms with E-state index < -0.39 is 0 Å². The normalized spacial score (nSPS) is 10.8. The van der Waals surface area contributed by atoms with Gasteiger partial charge in [-0.15, -0.1) is 0 Å². The Bertz CT molecular complexity index is 1220. The zero-order chi connectivity index (χ0) is 21.3.